The van der Waals surface area contributed by atoms with E-state index in [2.05, 4.69) is 4.98 Å². The van der Waals surface area contributed by atoms with E-state index in [0.717, 1.165) is 0 Å². The van der Waals surface area contributed by atoms with Crippen molar-refractivity contribution in [3.8, 4) is 23.1 Å². The van der Waals surface area contributed by atoms with Crippen LogP contribution in [0.3, 0.4) is 0 Å². The van der Waals surface area contributed by atoms with Crippen molar-refractivity contribution in [1.82, 2.24) is 9.88 Å². The number of hydrogen-bond donors (Lipinski definition) is 1. The highest BCUT2D eigenvalue weighted by Gasteiger charge is 2.37. The van der Waals surface area contributed by atoms with Gasteiger partial charge in [0.25, 0.3) is 0 Å². The fourth-order valence-electron chi connectivity index (χ4n) is 3.92. The van der Waals surface area contributed by atoms with Gasteiger partial charge in [0.1, 0.15) is 11.4 Å². The molecule has 1 unspecified atom stereocenters. The van der Waals surface area contributed by atoms with Gasteiger partial charge in [-0.3, -0.25) is 4.79 Å². The van der Waals surface area contributed by atoms with Crippen LogP contribution in [0, 0.1) is 0 Å². The first kappa shape index (κ1) is 24.8. The number of hydrogen-bond acceptors (Lipinski definition) is 7. The molecular formula is C26H27ClN2O6. The minimum Gasteiger partial charge on any atom is -0.493 e. The van der Waals surface area contributed by atoms with Crippen molar-refractivity contribution in [1.29, 1.82) is 0 Å². The van der Waals surface area contributed by atoms with E-state index >= 15 is 0 Å². The highest BCUT2D eigenvalue weighted by atomic mass is 35.5. The van der Waals surface area contributed by atoms with Crippen molar-refractivity contribution in [2.24, 2.45) is 0 Å². The summed E-state index contributed by atoms with van der Waals surface area (Å²) >= 11 is 5.93. The van der Waals surface area contributed by atoms with Crippen LogP contribution in [0.15, 0.2) is 60.8 Å². The minimum atomic E-state index is -1.67. The third kappa shape index (κ3) is 5.67. The Balaban J connectivity index is 1.66. The van der Waals surface area contributed by atoms with Gasteiger partial charge < -0.3 is 29.0 Å². The molecule has 0 aliphatic carbocycles. The zero-order chi connectivity index (χ0) is 24.8. The number of carbonyl (C=O) groups is 1. The molecule has 9 heteroatoms. The van der Waals surface area contributed by atoms with Gasteiger partial charge in [0.2, 0.25) is 11.8 Å². The number of aliphatic hydroxyl groups is 1. The average Bonchev–Trinajstić information content (AvgIpc) is 2.90. The Morgan fingerprint density at radius 3 is 2.34 bits per heavy atom. The monoisotopic (exact) mass is 498 g/mol. The van der Waals surface area contributed by atoms with Crippen LogP contribution in [0.2, 0.25) is 5.02 Å². The van der Waals surface area contributed by atoms with Crippen LogP contribution in [-0.2, 0) is 15.1 Å². The third-order valence-corrected chi connectivity index (χ3v) is 6.13. The minimum absolute atomic E-state index is 0.179. The second-order valence-corrected chi connectivity index (χ2v) is 8.48. The molecule has 8 nitrogen and oxygen atoms in total. The molecule has 1 aromatic heterocycles. The van der Waals surface area contributed by atoms with Gasteiger partial charge in [-0.2, -0.15) is 0 Å². The number of halogens is 1. The molecule has 1 aliphatic rings. The zero-order valence-electron chi connectivity index (χ0n) is 19.6. The molecule has 1 aliphatic heterocycles. The number of rotatable bonds is 8. The normalized spacial score (nSPS) is 15.3. The van der Waals surface area contributed by atoms with Gasteiger partial charge in [0.05, 0.1) is 33.9 Å². The second kappa shape index (κ2) is 10.9. The summed E-state index contributed by atoms with van der Waals surface area (Å²) in [5, 5.41) is 12.6. The van der Waals surface area contributed by atoms with Gasteiger partial charge in [-0.25, -0.2) is 4.98 Å². The average molecular weight is 499 g/mol. The number of benzene rings is 2. The van der Waals surface area contributed by atoms with Gasteiger partial charge in [0, 0.05) is 35.9 Å². The molecule has 1 saturated heterocycles. The van der Waals surface area contributed by atoms with E-state index in [1.54, 1.807) is 59.5 Å². The van der Waals surface area contributed by atoms with Gasteiger partial charge in [-0.15, -0.1) is 0 Å². The van der Waals surface area contributed by atoms with Crippen molar-refractivity contribution >= 4 is 17.5 Å². The van der Waals surface area contributed by atoms with Gasteiger partial charge in [0.15, 0.2) is 11.5 Å². The SMILES string of the molecule is COc1ccc(C(O)(CC(=O)N2CCOCC2)c2ccc(Oc3ccc(Cl)cc3)nc2)cc1OC. The van der Waals surface area contributed by atoms with Crippen molar-refractivity contribution in [2.75, 3.05) is 40.5 Å². The molecule has 184 valence electrons. The molecule has 0 saturated carbocycles. The lowest BCUT2D eigenvalue weighted by atomic mass is 9.83. The van der Waals surface area contributed by atoms with Crippen molar-refractivity contribution in [2.45, 2.75) is 12.0 Å². The number of aromatic nitrogens is 1. The first-order valence-corrected chi connectivity index (χ1v) is 11.5. The van der Waals surface area contributed by atoms with Crippen LogP contribution in [0.1, 0.15) is 17.5 Å². The lowest BCUT2D eigenvalue weighted by Gasteiger charge is -2.33. The molecular weight excluding hydrogens is 472 g/mol. The number of carbonyl (C=O) groups excluding carboxylic acids is 1. The molecule has 0 spiro atoms. The van der Waals surface area contributed by atoms with E-state index in [0.29, 0.717) is 65.6 Å². The first-order valence-electron chi connectivity index (χ1n) is 11.1. The van der Waals surface area contributed by atoms with Crippen molar-refractivity contribution < 1.29 is 28.8 Å². The molecule has 0 bridgehead atoms. The topological polar surface area (TPSA) is 90.4 Å². The summed E-state index contributed by atoms with van der Waals surface area (Å²) in [6.45, 7) is 1.90. The smallest absolute Gasteiger partial charge is 0.226 e. The predicted octanol–water partition coefficient (Wildman–Crippen LogP) is 4.03. The van der Waals surface area contributed by atoms with Crippen LogP contribution in [0.25, 0.3) is 0 Å². The van der Waals surface area contributed by atoms with Gasteiger partial charge in [-0.05, 0) is 48.0 Å². The molecule has 4 rings (SSSR count). The molecule has 35 heavy (non-hydrogen) atoms. The number of morpholine rings is 1. The predicted molar refractivity (Wildman–Crippen MR) is 130 cm³/mol. The van der Waals surface area contributed by atoms with Crippen molar-refractivity contribution in [3.63, 3.8) is 0 Å². The quantitative estimate of drug-likeness (QED) is 0.501. The number of amides is 1. The Bertz CT molecular complexity index is 1150. The van der Waals surface area contributed by atoms with E-state index in [9.17, 15) is 9.90 Å². The van der Waals surface area contributed by atoms with Crippen LogP contribution in [-0.4, -0.2) is 61.4 Å². The highest BCUT2D eigenvalue weighted by molar-refractivity contribution is 6.30. The lowest BCUT2D eigenvalue weighted by molar-refractivity contribution is -0.139. The summed E-state index contributed by atoms with van der Waals surface area (Å²) in [7, 11) is 3.05. The molecule has 1 N–H and O–H groups in total. The summed E-state index contributed by atoms with van der Waals surface area (Å²) in [5.74, 6) is 1.69. The first-order chi connectivity index (χ1) is 16.9. The maximum Gasteiger partial charge on any atom is 0.226 e. The number of methoxy groups -OCH3 is 2. The number of pyridine rings is 1. The maximum atomic E-state index is 13.2. The molecule has 0 radical (unpaired) electrons. The fourth-order valence-corrected chi connectivity index (χ4v) is 4.04. The molecule has 1 fully saturated rings. The largest absolute Gasteiger partial charge is 0.493 e. The lowest BCUT2D eigenvalue weighted by Crippen LogP contribution is -2.44. The van der Waals surface area contributed by atoms with Crippen LogP contribution >= 0.6 is 11.6 Å². The summed E-state index contributed by atoms with van der Waals surface area (Å²) < 4.78 is 21.9. The maximum absolute atomic E-state index is 13.2. The van der Waals surface area contributed by atoms with Crippen molar-refractivity contribution in [3.05, 3.63) is 76.9 Å². The zero-order valence-corrected chi connectivity index (χ0v) is 20.3. The van der Waals surface area contributed by atoms with Gasteiger partial charge in [-0.1, -0.05) is 17.7 Å². The number of ether oxygens (including phenoxy) is 4. The Hall–Kier alpha value is -3.33. The standard InChI is InChI=1S/C26H27ClN2O6/c1-32-22-9-3-18(15-23(22)33-2)26(31,16-25(30)29-11-13-34-14-12-29)19-4-10-24(28-17-19)35-21-7-5-20(27)6-8-21/h3-10,15,17,31H,11-14,16H2,1-2H3. The Kier molecular flexibility index (Phi) is 7.75. The Morgan fingerprint density at radius 2 is 1.71 bits per heavy atom. The van der Waals surface area contributed by atoms with Gasteiger partial charge >= 0.3 is 0 Å². The third-order valence-electron chi connectivity index (χ3n) is 5.88. The van der Waals surface area contributed by atoms with Crippen LogP contribution in [0.4, 0.5) is 0 Å². The fraction of sp³-hybridized carbons (Fsp3) is 0.308. The van der Waals surface area contributed by atoms with E-state index in [-0.39, 0.29) is 12.3 Å². The summed E-state index contributed by atoms with van der Waals surface area (Å²) in [6, 6.07) is 15.3. The molecule has 2 heterocycles. The Labute approximate surface area is 209 Å². The second-order valence-electron chi connectivity index (χ2n) is 8.04. The molecule has 1 atom stereocenters. The van der Waals surface area contributed by atoms with E-state index in [1.165, 1.54) is 20.4 Å². The highest BCUT2D eigenvalue weighted by Crippen LogP contribution is 2.39. The van der Waals surface area contributed by atoms with Crippen LogP contribution < -0.4 is 14.2 Å². The summed E-state index contributed by atoms with van der Waals surface area (Å²) in [5.41, 5.74) is -0.750. The van der Waals surface area contributed by atoms with E-state index in [1.807, 2.05) is 0 Å². The number of nitrogens with zero attached hydrogens (tertiary/aromatic N) is 2. The van der Waals surface area contributed by atoms with E-state index in [4.69, 9.17) is 30.5 Å². The molecule has 3 aromatic rings. The van der Waals surface area contributed by atoms with E-state index < -0.39 is 5.60 Å². The molecule has 1 amide bonds. The molecule has 2 aromatic carbocycles. The van der Waals surface area contributed by atoms with Crippen LogP contribution in [0.5, 0.6) is 23.1 Å². The summed E-state index contributed by atoms with van der Waals surface area (Å²) in [6.07, 6.45) is 1.33. The summed E-state index contributed by atoms with van der Waals surface area (Å²) in [4.78, 5) is 19.2. The Morgan fingerprint density at radius 1 is 1.03 bits per heavy atom.